The largest absolute Gasteiger partial charge is 0.465 e. The third kappa shape index (κ3) is 3.10. The predicted octanol–water partition coefficient (Wildman–Crippen LogP) is 1.19. The van der Waals surface area contributed by atoms with Crippen LogP contribution >= 0.6 is 0 Å². The summed E-state index contributed by atoms with van der Waals surface area (Å²) in [6, 6.07) is 3.66. The Bertz CT molecular complexity index is 468. The summed E-state index contributed by atoms with van der Waals surface area (Å²) in [5.41, 5.74) is 6.24. The van der Waals surface area contributed by atoms with E-state index in [2.05, 4.69) is 15.8 Å². The third-order valence-electron chi connectivity index (χ3n) is 2.52. The van der Waals surface area contributed by atoms with Crippen LogP contribution in [0.15, 0.2) is 12.3 Å². The number of hydrogen-bond acceptors (Lipinski definition) is 6. The van der Waals surface area contributed by atoms with Crippen molar-refractivity contribution in [3.8, 4) is 6.07 Å². The van der Waals surface area contributed by atoms with Gasteiger partial charge >= 0.3 is 5.97 Å². The molecule has 0 saturated carbocycles. The molecule has 0 radical (unpaired) electrons. The SMILES string of the molecule is CCN(CCC#N)c1cc(C(=O)OC)c(N)cn1. The van der Waals surface area contributed by atoms with Crippen LogP contribution in [0.5, 0.6) is 0 Å². The Morgan fingerprint density at radius 1 is 1.67 bits per heavy atom. The molecular weight excluding hydrogens is 232 g/mol. The van der Waals surface area contributed by atoms with Crippen LogP contribution in [0.4, 0.5) is 11.5 Å². The van der Waals surface area contributed by atoms with Gasteiger partial charge in [-0.2, -0.15) is 5.26 Å². The minimum atomic E-state index is -0.493. The number of carbonyl (C=O) groups is 1. The Hall–Kier alpha value is -2.29. The Labute approximate surface area is 106 Å². The summed E-state index contributed by atoms with van der Waals surface area (Å²) in [4.78, 5) is 17.6. The lowest BCUT2D eigenvalue weighted by Crippen LogP contribution is -2.25. The topological polar surface area (TPSA) is 92.2 Å². The number of nitrogen functional groups attached to an aromatic ring is 1. The number of pyridine rings is 1. The molecule has 0 amide bonds. The van der Waals surface area contributed by atoms with E-state index in [4.69, 9.17) is 11.0 Å². The molecule has 0 bridgehead atoms. The van der Waals surface area contributed by atoms with E-state index in [0.717, 1.165) is 0 Å². The molecule has 0 fully saturated rings. The van der Waals surface area contributed by atoms with Crippen LogP contribution in [0, 0.1) is 11.3 Å². The Morgan fingerprint density at radius 3 is 2.94 bits per heavy atom. The van der Waals surface area contributed by atoms with E-state index >= 15 is 0 Å². The monoisotopic (exact) mass is 248 g/mol. The summed E-state index contributed by atoms with van der Waals surface area (Å²) in [7, 11) is 1.30. The van der Waals surface area contributed by atoms with Crippen molar-refractivity contribution in [3.05, 3.63) is 17.8 Å². The minimum absolute atomic E-state index is 0.280. The lowest BCUT2D eigenvalue weighted by molar-refractivity contribution is 0.0602. The van der Waals surface area contributed by atoms with Crippen LogP contribution in [0.25, 0.3) is 0 Å². The van der Waals surface area contributed by atoms with Crippen molar-refractivity contribution in [2.45, 2.75) is 13.3 Å². The van der Waals surface area contributed by atoms with E-state index in [0.29, 0.717) is 25.3 Å². The molecule has 0 aliphatic heterocycles. The summed E-state index contributed by atoms with van der Waals surface area (Å²) in [6.07, 6.45) is 1.82. The molecule has 1 rings (SSSR count). The molecule has 96 valence electrons. The molecule has 0 saturated heterocycles. The average molecular weight is 248 g/mol. The first kappa shape index (κ1) is 13.8. The van der Waals surface area contributed by atoms with Crippen LogP contribution < -0.4 is 10.6 Å². The van der Waals surface area contributed by atoms with Crippen LogP contribution in [0.1, 0.15) is 23.7 Å². The molecule has 6 nitrogen and oxygen atoms in total. The first-order valence-electron chi connectivity index (χ1n) is 5.59. The molecule has 0 unspecified atom stereocenters. The van der Waals surface area contributed by atoms with E-state index in [1.54, 1.807) is 6.07 Å². The number of carbonyl (C=O) groups excluding carboxylic acids is 1. The summed E-state index contributed by atoms with van der Waals surface area (Å²) >= 11 is 0. The highest BCUT2D eigenvalue weighted by Crippen LogP contribution is 2.19. The van der Waals surface area contributed by atoms with Crippen molar-refractivity contribution in [3.63, 3.8) is 0 Å². The van der Waals surface area contributed by atoms with Gasteiger partial charge in [0.05, 0.1) is 37.0 Å². The van der Waals surface area contributed by atoms with E-state index in [1.807, 2.05) is 11.8 Å². The zero-order chi connectivity index (χ0) is 13.5. The van der Waals surface area contributed by atoms with Gasteiger partial charge < -0.3 is 15.4 Å². The average Bonchev–Trinajstić information content (AvgIpc) is 2.40. The van der Waals surface area contributed by atoms with E-state index in [-0.39, 0.29) is 11.3 Å². The van der Waals surface area contributed by atoms with Crippen molar-refractivity contribution < 1.29 is 9.53 Å². The number of nitriles is 1. The third-order valence-corrected chi connectivity index (χ3v) is 2.52. The zero-order valence-electron chi connectivity index (χ0n) is 10.5. The number of methoxy groups -OCH3 is 1. The molecule has 1 heterocycles. The van der Waals surface area contributed by atoms with Gasteiger partial charge in [-0.3, -0.25) is 0 Å². The van der Waals surface area contributed by atoms with Crippen molar-refractivity contribution in [2.75, 3.05) is 30.8 Å². The maximum absolute atomic E-state index is 11.5. The first-order chi connectivity index (χ1) is 8.63. The maximum atomic E-state index is 11.5. The molecular formula is C12H16N4O2. The predicted molar refractivity (Wildman–Crippen MR) is 68.1 cm³/mol. The lowest BCUT2D eigenvalue weighted by atomic mass is 10.2. The smallest absolute Gasteiger partial charge is 0.340 e. The molecule has 1 aromatic rings. The van der Waals surface area contributed by atoms with Gasteiger partial charge in [0.2, 0.25) is 0 Å². The zero-order valence-corrected chi connectivity index (χ0v) is 10.5. The highest BCUT2D eigenvalue weighted by Gasteiger charge is 2.14. The van der Waals surface area contributed by atoms with Crippen LogP contribution in [0.3, 0.4) is 0 Å². The minimum Gasteiger partial charge on any atom is -0.465 e. The number of anilines is 2. The molecule has 1 aromatic heterocycles. The van der Waals surface area contributed by atoms with Crippen LogP contribution in [-0.4, -0.2) is 31.2 Å². The Balaban J connectivity index is 3.02. The molecule has 2 N–H and O–H groups in total. The van der Waals surface area contributed by atoms with Crippen LogP contribution in [-0.2, 0) is 4.74 Å². The number of nitrogens with two attached hydrogens (primary N) is 1. The second-order valence-electron chi connectivity index (χ2n) is 3.61. The number of ether oxygens (including phenoxy) is 1. The van der Waals surface area contributed by atoms with Crippen molar-refractivity contribution in [1.82, 2.24) is 4.98 Å². The Morgan fingerprint density at radius 2 is 2.39 bits per heavy atom. The highest BCUT2D eigenvalue weighted by molar-refractivity contribution is 5.95. The number of aromatic nitrogens is 1. The number of esters is 1. The second kappa shape index (κ2) is 6.45. The fourth-order valence-corrected chi connectivity index (χ4v) is 1.53. The highest BCUT2D eigenvalue weighted by atomic mass is 16.5. The van der Waals surface area contributed by atoms with E-state index in [1.165, 1.54) is 13.3 Å². The van der Waals surface area contributed by atoms with Gasteiger partial charge in [0.1, 0.15) is 5.82 Å². The normalized spacial score (nSPS) is 9.61. The first-order valence-corrected chi connectivity index (χ1v) is 5.59. The van der Waals surface area contributed by atoms with Crippen molar-refractivity contribution in [2.24, 2.45) is 0 Å². The van der Waals surface area contributed by atoms with E-state index < -0.39 is 5.97 Å². The van der Waals surface area contributed by atoms with E-state index in [9.17, 15) is 4.79 Å². The van der Waals surface area contributed by atoms with Gasteiger partial charge in [-0.15, -0.1) is 0 Å². The van der Waals surface area contributed by atoms with Gasteiger partial charge in [0, 0.05) is 13.1 Å². The van der Waals surface area contributed by atoms with Gasteiger partial charge in [0.25, 0.3) is 0 Å². The molecule has 0 aliphatic rings. The van der Waals surface area contributed by atoms with Gasteiger partial charge in [-0.1, -0.05) is 0 Å². The molecule has 0 aliphatic carbocycles. The van der Waals surface area contributed by atoms with Crippen LogP contribution in [0.2, 0.25) is 0 Å². The van der Waals surface area contributed by atoms with Gasteiger partial charge in [-0.05, 0) is 13.0 Å². The quantitative estimate of drug-likeness (QED) is 0.787. The van der Waals surface area contributed by atoms with Gasteiger partial charge in [-0.25, -0.2) is 9.78 Å². The molecule has 0 spiro atoms. The van der Waals surface area contributed by atoms with Crippen molar-refractivity contribution in [1.29, 1.82) is 5.26 Å². The number of rotatable bonds is 5. The second-order valence-corrected chi connectivity index (χ2v) is 3.61. The number of hydrogen-bond donors (Lipinski definition) is 1. The summed E-state index contributed by atoms with van der Waals surface area (Å²) in [5, 5.41) is 8.59. The number of nitrogens with zero attached hydrogens (tertiary/aromatic N) is 3. The fourth-order valence-electron chi connectivity index (χ4n) is 1.53. The summed E-state index contributed by atoms with van der Waals surface area (Å²) in [5.74, 6) is 0.120. The van der Waals surface area contributed by atoms with Gasteiger partial charge in [0.15, 0.2) is 0 Å². The maximum Gasteiger partial charge on any atom is 0.340 e. The molecule has 0 aromatic carbocycles. The molecule has 18 heavy (non-hydrogen) atoms. The van der Waals surface area contributed by atoms with Crippen molar-refractivity contribution >= 4 is 17.5 Å². The Kier molecular flexibility index (Phi) is 4.93. The lowest BCUT2D eigenvalue weighted by Gasteiger charge is -2.21. The fraction of sp³-hybridized carbons (Fsp3) is 0.417. The summed E-state index contributed by atoms with van der Waals surface area (Å²) < 4.78 is 4.65. The molecule has 6 heteroatoms. The molecule has 0 atom stereocenters. The summed E-state index contributed by atoms with van der Waals surface area (Å²) in [6.45, 7) is 3.21. The standard InChI is InChI=1S/C12H16N4O2/c1-3-16(6-4-5-13)11-7-9(12(17)18-2)10(14)8-15-11/h7-8H,3-4,6,14H2,1-2H3.